The molecule has 20 heavy (non-hydrogen) atoms. The predicted octanol–water partition coefficient (Wildman–Crippen LogP) is 0.984. The molecular weight excluding hydrogens is 258 g/mol. The second-order valence-electron chi connectivity index (χ2n) is 4.78. The van der Waals surface area contributed by atoms with E-state index in [0.29, 0.717) is 30.9 Å². The fourth-order valence-electron chi connectivity index (χ4n) is 2.38. The average Bonchev–Trinajstić information content (AvgIpc) is 2.83. The van der Waals surface area contributed by atoms with E-state index in [1.165, 1.54) is 0 Å². The van der Waals surface area contributed by atoms with Crippen molar-refractivity contribution in [3.05, 3.63) is 63.3 Å². The lowest BCUT2D eigenvalue weighted by Gasteiger charge is -2.13. The van der Waals surface area contributed by atoms with Crippen LogP contribution in [-0.4, -0.2) is 25.9 Å². The van der Waals surface area contributed by atoms with E-state index < -0.39 is 5.97 Å². The maximum absolute atomic E-state index is 11.8. The van der Waals surface area contributed by atoms with Crippen LogP contribution >= 0.6 is 0 Å². The molecule has 1 aromatic carbocycles. The third-order valence-electron chi connectivity index (χ3n) is 3.31. The Morgan fingerprint density at radius 3 is 2.75 bits per heavy atom. The zero-order valence-electron chi connectivity index (χ0n) is 10.7. The average molecular weight is 271 g/mol. The Bertz CT molecular complexity index is 709. The normalized spacial score (nSPS) is 14.2. The Kier molecular flexibility index (Phi) is 3.08. The molecule has 1 aliphatic heterocycles. The largest absolute Gasteiger partial charge is 0.475 e. The molecule has 0 atom stereocenters. The van der Waals surface area contributed by atoms with Gasteiger partial charge in [0, 0.05) is 19.6 Å². The first-order valence-electron chi connectivity index (χ1n) is 6.25. The van der Waals surface area contributed by atoms with Gasteiger partial charge in [0.15, 0.2) is 0 Å². The van der Waals surface area contributed by atoms with E-state index in [2.05, 4.69) is 14.9 Å². The van der Waals surface area contributed by atoms with Crippen LogP contribution in [-0.2, 0) is 19.6 Å². The highest BCUT2D eigenvalue weighted by atomic mass is 16.4. The second kappa shape index (κ2) is 4.90. The van der Waals surface area contributed by atoms with Crippen LogP contribution in [0, 0.1) is 0 Å². The van der Waals surface area contributed by atoms with Crippen molar-refractivity contribution >= 4 is 5.97 Å². The lowest BCUT2D eigenvalue weighted by molar-refractivity contribution is 0.0682. The first-order chi connectivity index (χ1) is 9.63. The summed E-state index contributed by atoms with van der Waals surface area (Å²) in [7, 11) is 0. The summed E-state index contributed by atoms with van der Waals surface area (Å²) in [6.07, 6.45) is 0. The Labute approximate surface area is 114 Å². The number of hydrogen-bond acceptors (Lipinski definition) is 4. The van der Waals surface area contributed by atoms with Gasteiger partial charge in [0.05, 0.1) is 11.3 Å². The summed E-state index contributed by atoms with van der Waals surface area (Å²) < 4.78 is 0. The van der Waals surface area contributed by atoms with Crippen LogP contribution in [0.15, 0.2) is 35.1 Å². The highest BCUT2D eigenvalue weighted by Crippen LogP contribution is 2.19. The van der Waals surface area contributed by atoms with Gasteiger partial charge in [-0.1, -0.05) is 30.3 Å². The van der Waals surface area contributed by atoms with Crippen molar-refractivity contribution in [2.75, 3.05) is 0 Å². The number of carbonyl (C=O) groups is 1. The van der Waals surface area contributed by atoms with E-state index in [1.807, 2.05) is 30.3 Å². The zero-order chi connectivity index (χ0) is 14.1. The van der Waals surface area contributed by atoms with Gasteiger partial charge in [-0.3, -0.25) is 9.69 Å². The van der Waals surface area contributed by atoms with Gasteiger partial charge in [0.1, 0.15) is 0 Å². The number of carboxylic acid groups (broad SMARTS) is 1. The lowest BCUT2D eigenvalue weighted by atomic mass is 10.2. The minimum Gasteiger partial charge on any atom is -0.475 e. The minimum atomic E-state index is -1.22. The van der Waals surface area contributed by atoms with E-state index in [-0.39, 0.29) is 11.4 Å². The number of H-pyrrole nitrogens is 1. The summed E-state index contributed by atoms with van der Waals surface area (Å²) in [6, 6.07) is 9.92. The van der Waals surface area contributed by atoms with Gasteiger partial charge in [-0.15, -0.1) is 0 Å². The van der Waals surface area contributed by atoms with Crippen LogP contribution in [0.25, 0.3) is 0 Å². The fraction of sp³-hybridized carbons (Fsp3) is 0.214. The zero-order valence-corrected chi connectivity index (χ0v) is 10.7. The molecule has 0 saturated carbocycles. The number of hydrogen-bond donors (Lipinski definition) is 2. The first kappa shape index (κ1) is 12.6. The molecule has 6 heteroatoms. The monoisotopic (exact) mass is 271 g/mol. The van der Waals surface area contributed by atoms with Crippen LogP contribution in [0.3, 0.4) is 0 Å². The topological polar surface area (TPSA) is 86.3 Å². The summed E-state index contributed by atoms with van der Waals surface area (Å²) in [5, 5.41) is 8.90. The van der Waals surface area contributed by atoms with Crippen molar-refractivity contribution in [2.45, 2.75) is 19.6 Å². The van der Waals surface area contributed by atoms with E-state index in [0.717, 1.165) is 5.56 Å². The molecule has 102 valence electrons. The molecular formula is C14H13N3O3. The predicted molar refractivity (Wildman–Crippen MR) is 71.2 cm³/mol. The second-order valence-corrected chi connectivity index (χ2v) is 4.78. The van der Waals surface area contributed by atoms with Crippen molar-refractivity contribution in [1.82, 2.24) is 14.9 Å². The van der Waals surface area contributed by atoms with Crippen molar-refractivity contribution in [3.8, 4) is 0 Å². The summed E-state index contributed by atoms with van der Waals surface area (Å²) in [6.45, 7) is 1.69. The standard InChI is InChI=1S/C14H13N3O3/c18-13-10-7-17(6-9-4-2-1-3-5-9)8-11(10)15-12(16-13)14(19)20/h1-5H,6-8H2,(H,19,20)(H,15,16,18). The van der Waals surface area contributed by atoms with Crippen LogP contribution in [0.4, 0.5) is 0 Å². The third kappa shape index (κ3) is 2.33. The maximum atomic E-state index is 11.8. The highest BCUT2D eigenvalue weighted by Gasteiger charge is 2.25. The molecule has 1 aliphatic rings. The van der Waals surface area contributed by atoms with Gasteiger partial charge in [0.25, 0.3) is 5.56 Å². The van der Waals surface area contributed by atoms with Crippen molar-refractivity contribution < 1.29 is 9.90 Å². The van der Waals surface area contributed by atoms with Gasteiger partial charge in [0.2, 0.25) is 5.82 Å². The van der Waals surface area contributed by atoms with Crippen LogP contribution in [0.5, 0.6) is 0 Å². The van der Waals surface area contributed by atoms with Gasteiger partial charge in [-0.2, -0.15) is 0 Å². The Hall–Kier alpha value is -2.47. The van der Waals surface area contributed by atoms with E-state index >= 15 is 0 Å². The Morgan fingerprint density at radius 1 is 1.30 bits per heavy atom. The molecule has 0 radical (unpaired) electrons. The number of nitrogens with one attached hydrogen (secondary N) is 1. The number of carboxylic acids is 1. The minimum absolute atomic E-state index is 0.296. The molecule has 0 unspecified atom stereocenters. The molecule has 0 spiro atoms. The molecule has 1 aromatic heterocycles. The maximum Gasteiger partial charge on any atom is 0.372 e. The molecule has 0 saturated heterocycles. The molecule has 0 amide bonds. The highest BCUT2D eigenvalue weighted by molar-refractivity contribution is 5.83. The van der Waals surface area contributed by atoms with Crippen LogP contribution < -0.4 is 5.56 Å². The molecule has 0 aliphatic carbocycles. The van der Waals surface area contributed by atoms with Crippen molar-refractivity contribution in [2.24, 2.45) is 0 Å². The molecule has 2 N–H and O–H groups in total. The number of aromatic amines is 1. The van der Waals surface area contributed by atoms with Gasteiger partial charge >= 0.3 is 5.97 Å². The van der Waals surface area contributed by atoms with E-state index in [9.17, 15) is 9.59 Å². The van der Waals surface area contributed by atoms with Crippen LogP contribution in [0.1, 0.15) is 27.4 Å². The summed E-state index contributed by atoms with van der Waals surface area (Å²) in [5.74, 6) is -1.51. The number of fused-ring (bicyclic) bond motifs is 1. The summed E-state index contributed by atoms with van der Waals surface area (Å²) in [4.78, 5) is 31.1. The Balaban J connectivity index is 1.84. The van der Waals surface area contributed by atoms with Gasteiger partial charge in [-0.25, -0.2) is 9.78 Å². The molecule has 3 rings (SSSR count). The smallest absolute Gasteiger partial charge is 0.372 e. The molecule has 2 heterocycles. The van der Waals surface area contributed by atoms with E-state index in [4.69, 9.17) is 5.11 Å². The fourth-order valence-corrected chi connectivity index (χ4v) is 2.38. The number of aromatic carboxylic acids is 1. The SMILES string of the molecule is O=C(O)c1nc2c(c(=O)[nH]1)CN(Cc1ccccc1)C2. The molecule has 2 aromatic rings. The third-order valence-corrected chi connectivity index (χ3v) is 3.31. The lowest BCUT2D eigenvalue weighted by Crippen LogP contribution is -2.20. The number of aromatic nitrogens is 2. The first-order valence-corrected chi connectivity index (χ1v) is 6.25. The van der Waals surface area contributed by atoms with Gasteiger partial charge in [-0.05, 0) is 5.56 Å². The summed E-state index contributed by atoms with van der Waals surface area (Å²) in [5.41, 5.74) is 1.91. The van der Waals surface area contributed by atoms with Gasteiger partial charge < -0.3 is 10.1 Å². The van der Waals surface area contributed by atoms with E-state index in [1.54, 1.807) is 0 Å². The Morgan fingerprint density at radius 2 is 2.05 bits per heavy atom. The number of nitrogens with zero attached hydrogens (tertiary/aromatic N) is 2. The number of rotatable bonds is 3. The molecule has 0 bridgehead atoms. The quantitative estimate of drug-likeness (QED) is 0.869. The summed E-state index contributed by atoms with van der Waals surface area (Å²) >= 11 is 0. The molecule has 0 fully saturated rings. The van der Waals surface area contributed by atoms with Crippen molar-refractivity contribution in [3.63, 3.8) is 0 Å². The van der Waals surface area contributed by atoms with Crippen molar-refractivity contribution in [1.29, 1.82) is 0 Å². The molecule has 6 nitrogen and oxygen atoms in total. The number of benzene rings is 1. The van der Waals surface area contributed by atoms with Crippen LogP contribution in [0.2, 0.25) is 0 Å².